The van der Waals surface area contributed by atoms with Crippen LogP contribution < -0.4 is 4.90 Å². The normalized spacial score (nSPS) is 19.1. The van der Waals surface area contributed by atoms with Gasteiger partial charge in [0.05, 0.1) is 4.99 Å². The fraction of sp³-hybridized carbons (Fsp3) is 0.214. The van der Waals surface area contributed by atoms with E-state index in [9.17, 15) is 0 Å². The van der Waals surface area contributed by atoms with Crippen molar-refractivity contribution in [3.8, 4) is 0 Å². The number of hydrogen-bond donors (Lipinski definition) is 0. The first kappa shape index (κ1) is 13.5. The summed E-state index contributed by atoms with van der Waals surface area (Å²) in [6.07, 6.45) is 2.10. The number of thiophene rings is 1. The van der Waals surface area contributed by atoms with Gasteiger partial charge in [-0.05, 0) is 35.9 Å². The monoisotopic (exact) mass is 323 g/mol. The molecule has 1 nitrogen and oxygen atoms in total. The fourth-order valence-corrected chi connectivity index (χ4v) is 5.19. The van der Waals surface area contributed by atoms with E-state index in [1.54, 1.807) is 23.1 Å². The molecule has 98 valence electrons. The number of thioether (sulfide) groups is 2. The van der Waals surface area contributed by atoms with Gasteiger partial charge in [0, 0.05) is 21.2 Å². The average molecular weight is 324 g/mol. The minimum Gasteiger partial charge on any atom is -0.318 e. The molecule has 3 rings (SSSR count). The van der Waals surface area contributed by atoms with Crippen molar-refractivity contribution >= 4 is 57.8 Å². The van der Waals surface area contributed by atoms with Crippen molar-refractivity contribution < 1.29 is 0 Å². The van der Waals surface area contributed by atoms with E-state index in [4.69, 9.17) is 12.2 Å². The van der Waals surface area contributed by atoms with Crippen molar-refractivity contribution in [3.63, 3.8) is 0 Å². The zero-order valence-electron chi connectivity index (χ0n) is 10.4. The molecule has 0 saturated carbocycles. The van der Waals surface area contributed by atoms with Gasteiger partial charge in [-0.3, -0.25) is 0 Å². The molecule has 1 atom stereocenters. The molecule has 0 aliphatic carbocycles. The minimum atomic E-state index is 0.338. The lowest BCUT2D eigenvalue weighted by atomic mass is 10.2. The van der Waals surface area contributed by atoms with Crippen LogP contribution in [0.2, 0.25) is 0 Å². The van der Waals surface area contributed by atoms with Crippen molar-refractivity contribution in [1.29, 1.82) is 0 Å². The van der Waals surface area contributed by atoms with Gasteiger partial charge in [0.25, 0.3) is 0 Å². The number of benzene rings is 1. The average Bonchev–Trinajstić information content (AvgIpc) is 3.07. The van der Waals surface area contributed by atoms with Crippen LogP contribution in [0.4, 0.5) is 5.69 Å². The van der Waals surface area contributed by atoms with Gasteiger partial charge in [0.1, 0.15) is 5.37 Å². The summed E-state index contributed by atoms with van der Waals surface area (Å²) in [6, 6.07) is 12.9. The highest BCUT2D eigenvalue weighted by molar-refractivity contribution is 8.02. The van der Waals surface area contributed by atoms with Gasteiger partial charge in [0.15, 0.2) is 0 Å². The predicted octanol–water partition coefficient (Wildman–Crippen LogP) is 5.05. The van der Waals surface area contributed by atoms with Crippen molar-refractivity contribution in [3.05, 3.63) is 46.7 Å². The number of anilines is 1. The van der Waals surface area contributed by atoms with Crippen LogP contribution in [0, 0.1) is 0 Å². The van der Waals surface area contributed by atoms with Crippen LogP contribution in [0.15, 0.2) is 46.7 Å². The van der Waals surface area contributed by atoms with E-state index >= 15 is 0 Å². The standard InChI is InChI=1S/C14H13NS4/c1-17-11-5-2-4-10(8-11)15-13(16)9-19-14(15)12-6-3-7-18-12/h2-8,14H,9H2,1H3. The van der Waals surface area contributed by atoms with Gasteiger partial charge in [0.2, 0.25) is 0 Å². The smallest absolute Gasteiger partial charge is 0.115 e. The van der Waals surface area contributed by atoms with Crippen LogP contribution in [0.5, 0.6) is 0 Å². The molecule has 5 heteroatoms. The van der Waals surface area contributed by atoms with Crippen LogP contribution in [0.1, 0.15) is 10.3 Å². The molecular weight excluding hydrogens is 310 g/mol. The van der Waals surface area contributed by atoms with Crippen molar-refractivity contribution in [2.45, 2.75) is 10.3 Å². The molecule has 1 saturated heterocycles. The molecular formula is C14H13NS4. The Morgan fingerprint density at radius 2 is 2.21 bits per heavy atom. The summed E-state index contributed by atoms with van der Waals surface area (Å²) in [4.78, 5) is 5.98. The Kier molecular flexibility index (Phi) is 4.17. The number of thiocarbonyl (C=S) groups is 1. The predicted molar refractivity (Wildman–Crippen MR) is 92.8 cm³/mol. The molecule has 1 unspecified atom stereocenters. The van der Waals surface area contributed by atoms with Crippen LogP contribution in [-0.2, 0) is 0 Å². The Hall–Kier alpha value is -0.490. The second kappa shape index (κ2) is 5.87. The van der Waals surface area contributed by atoms with Gasteiger partial charge >= 0.3 is 0 Å². The Morgan fingerprint density at radius 3 is 2.95 bits per heavy atom. The van der Waals surface area contributed by atoms with E-state index in [2.05, 4.69) is 52.9 Å². The zero-order valence-corrected chi connectivity index (χ0v) is 13.7. The molecule has 0 amide bonds. The maximum atomic E-state index is 5.56. The first-order valence-corrected chi connectivity index (χ1v) is 9.47. The van der Waals surface area contributed by atoms with E-state index in [0.29, 0.717) is 5.37 Å². The fourth-order valence-electron chi connectivity index (χ4n) is 2.11. The number of hydrogen-bond acceptors (Lipinski definition) is 4. The largest absolute Gasteiger partial charge is 0.318 e. The van der Waals surface area contributed by atoms with Gasteiger partial charge in [-0.15, -0.1) is 34.9 Å². The third kappa shape index (κ3) is 2.70. The quantitative estimate of drug-likeness (QED) is 0.574. The Balaban J connectivity index is 1.98. The van der Waals surface area contributed by atoms with E-state index in [-0.39, 0.29) is 0 Å². The zero-order chi connectivity index (χ0) is 13.2. The Bertz CT molecular complexity index is 579. The molecule has 1 aliphatic heterocycles. The maximum Gasteiger partial charge on any atom is 0.115 e. The van der Waals surface area contributed by atoms with Gasteiger partial charge in [-0.1, -0.05) is 24.4 Å². The molecule has 2 aromatic rings. The summed E-state index contributed by atoms with van der Waals surface area (Å²) in [6.45, 7) is 0. The molecule has 0 bridgehead atoms. The first-order valence-electron chi connectivity index (χ1n) is 5.91. The molecule has 0 N–H and O–H groups in total. The minimum absolute atomic E-state index is 0.338. The highest BCUT2D eigenvalue weighted by Crippen LogP contribution is 2.44. The van der Waals surface area contributed by atoms with Gasteiger partial charge in [-0.25, -0.2) is 0 Å². The first-order chi connectivity index (χ1) is 9.29. The van der Waals surface area contributed by atoms with E-state index < -0.39 is 0 Å². The summed E-state index contributed by atoms with van der Waals surface area (Å²) < 4.78 is 0. The molecule has 19 heavy (non-hydrogen) atoms. The van der Waals surface area contributed by atoms with Crippen LogP contribution in [0.3, 0.4) is 0 Å². The second-order valence-corrected chi connectivity index (χ2v) is 7.54. The topological polar surface area (TPSA) is 3.24 Å². The van der Waals surface area contributed by atoms with Crippen LogP contribution in [-0.4, -0.2) is 17.0 Å². The number of rotatable bonds is 3. The third-order valence-electron chi connectivity index (χ3n) is 2.99. The van der Waals surface area contributed by atoms with Crippen molar-refractivity contribution in [1.82, 2.24) is 0 Å². The van der Waals surface area contributed by atoms with E-state index in [1.807, 2.05) is 11.8 Å². The Morgan fingerprint density at radius 1 is 1.32 bits per heavy atom. The summed E-state index contributed by atoms with van der Waals surface area (Å²) in [5.74, 6) is 0.932. The van der Waals surface area contributed by atoms with E-state index in [1.165, 1.54) is 15.5 Å². The highest BCUT2D eigenvalue weighted by atomic mass is 32.2. The van der Waals surface area contributed by atoms with Crippen LogP contribution in [0.25, 0.3) is 0 Å². The van der Waals surface area contributed by atoms with Crippen molar-refractivity contribution in [2.75, 3.05) is 16.9 Å². The molecule has 1 aromatic heterocycles. The highest BCUT2D eigenvalue weighted by Gasteiger charge is 2.31. The number of nitrogens with zero attached hydrogens (tertiary/aromatic N) is 1. The molecule has 0 spiro atoms. The van der Waals surface area contributed by atoms with Crippen LogP contribution >= 0.6 is 47.1 Å². The molecule has 1 aromatic carbocycles. The Labute approximate surface area is 131 Å². The summed E-state index contributed by atoms with van der Waals surface area (Å²) in [5.41, 5.74) is 1.21. The van der Waals surface area contributed by atoms with Crippen molar-refractivity contribution in [2.24, 2.45) is 0 Å². The van der Waals surface area contributed by atoms with E-state index in [0.717, 1.165) is 10.7 Å². The molecule has 2 heterocycles. The second-order valence-electron chi connectivity index (χ2n) is 4.14. The molecule has 0 radical (unpaired) electrons. The lowest BCUT2D eigenvalue weighted by molar-refractivity contribution is 1.03. The van der Waals surface area contributed by atoms with Gasteiger partial charge in [-0.2, -0.15) is 0 Å². The summed E-state index contributed by atoms with van der Waals surface area (Å²) in [7, 11) is 0. The summed E-state index contributed by atoms with van der Waals surface area (Å²) in [5, 5.41) is 2.47. The third-order valence-corrected chi connectivity index (χ3v) is 6.53. The van der Waals surface area contributed by atoms with Gasteiger partial charge < -0.3 is 4.90 Å². The lowest BCUT2D eigenvalue weighted by Gasteiger charge is -2.25. The SMILES string of the molecule is CSc1cccc(N2C(=S)CSC2c2cccs2)c1. The molecule has 1 fully saturated rings. The maximum absolute atomic E-state index is 5.56. The molecule has 1 aliphatic rings. The summed E-state index contributed by atoms with van der Waals surface area (Å²) >= 11 is 11.0. The lowest BCUT2D eigenvalue weighted by Crippen LogP contribution is -2.25.